The van der Waals surface area contributed by atoms with Crippen LogP contribution < -0.4 is 0 Å². The minimum Gasteiger partial charge on any atom is -0.389 e. The number of aryl methyl sites for hydroxylation is 1. The molecule has 0 atom stereocenters. The summed E-state index contributed by atoms with van der Waals surface area (Å²) in [7, 11) is 0. The highest BCUT2D eigenvalue weighted by Gasteiger charge is 2.23. The summed E-state index contributed by atoms with van der Waals surface area (Å²) in [5, 5.41) is 9.83. The van der Waals surface area contributed by atoms with Crippen LogP contribution in [-0.4, -0.2) is 59.1 Å². The predicted molar refractivity (Wildman–Crippen MR) is 87.4 cm³/mol. The summed E-state index contributed by atoms with van der Waals surface area (Å²) < 4.78 is 0. The molecule has 5 heteroatoms. The second kappa shape index (κ2) is 6.73. The van der Waals surface area contributed by atoms with E-state index in [1.54, 1.807) is 17.4 Å². The highest BCUT2D eigenvalue weighted by atomic mass is 32.1. The lowest BCUT2D eigenvalue weighted by Gasteiger charge is -2.36. The zero-order chi connectivity index (χ0) is 15.5. The molecule has 1 amide bonds. The molecule has 21 heavy (non-hydrogen) atoms. The molecule has 1 saturated heterocycles. The van der Waals surface area contributed by atoms with Gasteiger partial charge in [-0.15, -0.1) is 11.3 Å². The Morgan fingerprint density at radius 2 is 2.00 bits per heavy atom. The van der Waals surface area contributed by atoms with Crippen molar-refractivity contribution >= 4 is 23.3 Å². The van der Waals surface area contributed by atoms with E-state index in [4.69, 9.17) is 0 Å². The number of amides is 1. The molecule has 0 unspecified atom stereocenters. The highest BCUT2D eigenvalue weighted by molar-refractivity contribution is 7.12. The van der Waals surface area contributed by atoms with Crippen LogP contribution in [0.3, 0.4) is 0 Å². The van der Waals surface area contributed by atoms with Crippen molar-refractivity contribution in [2.24, 2.45) is 0 Å². The molecule has 1 fully saturated rings. The van der Waals surface area contributed by atoms with Crippen LogP contribution in [0.2, 0.25) is 0 Å². The Morgan fingerprint density at radius 3 is 2.52 bits per heavy atom. The molecule has 1 aliphatic rings. The first kappa shape index (κ1) is 16.2. The molecule has 1 N–H and O–H groups in total. The zero-order valence-electron chi connectivity index (χ0n) is 13.0. The lowest BCUT2D eigenvalue weighted by atomic mass is 10.1. The normalized spacial score (nSPS) is 17.6. The van der Waals surface area contributed by atoms with Gasteiger partial charge in [-0.1, -0.05) is 0 Å². The number of carbonyl (C=O) groups is 1. The molecule has 1 aliphatic heterocycles. The van der Waals surface area contributed by atoms with Gasteiger partial charge in [0.15, 0.2) is 0 Å². The van der Waals surface area contributed by atoms with Gasteiger partial charge in [-0.2, -0.15) is 0 Å². The van der Waals surface area contributed by atoms with E-state index in [2.05, 4.69) is 17.9 Å². The van der Waals surface area contributed by atoms with E-state index in [0.29, 0.717) is 6.54 Å². The number of nitrogens with zero attached hydrogens (tertiary/aromatic N) is 2. The first-order chi connectivity index (χ1) is 9.83. The Morgan fingerprint density at radius 1 is 1.33 bits per heavy atom. The third-order valence-electron chi connectivity index (χ3n) is 3.45. The van der Waals surface area contributed by atoms with Crippen molar-refractivity contribution in [3.05, 3.63) is 28.0 Å². The zero-order valence-corrected chi connectivity index (χ0v) is 13.8. The summed E-state index contributed by atoms with van der Waals surface area (Å²) in [4.78, 5) is 18.6. The van der Waals surface area contributed by atoms with Gasteiger partial charge >= 0.3 is 0 Å². The van der Waals surface area contributed by atoms with E-state index in [1.165, 1.54) is 4.88 Å². The summed E-state index contributed by atoms with van der Waals surface area (Å²) in [5.41, 5.74) is -0.677. The fourth-order valence-electron chi connectivity index (χ4n) is 2.48. The minimum absolute atomic E-state index is 0.0731. The Bertz CT molecular complexity index is 509. The largest absolute Gasteiger partial charge is 0.389 e. The van der Waals surface area contributed by atoms with E-state index < -0.39 is 5.60 Å². The van der Waals surface area contributed by atoms with Gasteiger partial charge in [0.1, 0.15) is 0 Å². The highest BCUT2D eigenvalue weighted by Crippen LogP contribution is 2.16. The van der Waals surface area contributed by atoms with Crippen molar-refractivity contribution in [1.82, 2.24) is 9.80 Å². The van der Waals surface area contributed by atoms with Gasteiger partial charge in [0, 0.05) is 48.6 Å². The van der Waals surface area contributed by atoms with Gasteiger partial charge in [0.05, 0.1) is 5.60 Å². The Hall–Kier alpha value is -1.17. The maximum absolute atomic E-state index is 12.1. The van der Waals surface area contributed by atoms with Crippen LogP contribution in [0.4, 0.5) is 0 Å². The van der Waals surface area contributed by atoms with Gasteiger partial charge in [-0.3, -0.25) is 9.69 Å². The van der Waals surface area contributed by atoms with Crippen molar-refractivity contribution in [3.8, 4) is 0 Å². The molecule has 0 aromatic carbocycles. The van der Waals surface area contributed by atoms with Crippen LogP contribution in [0.1, 0.15) is 23.6 Å². The molecule has 2 rings (SSSR count). The number of aliphatic hydroxyl groups is 1. The summed E-state index contributed by atoms with van der Waals surface area (Å²) in [6, 6.07) is 4.09. The van der Waals surface area contributed by atoms with Crippen LogP contribution in [-0.2, 0) is 4.79 Å². The van der Waals surface area contributed by atoms with Crippen LogP contribution in [0.25, 0.3) is 6.08 Å². The number of piperazine rings is 1. The molecule has 0 bridgehead atoms. The number of thiophene rings is 1. The summed E-state index contributed by atoms with van der Waals surface area (Å²) >= 11 is 1.69. The van der Waals surface area contributed by atoms with Crippen molar-refractivity contribution in [1.29, 1.82) is 0 Å². The van der Waals surface area contributed by atoms with E-state index >= 15 is 0 Å². The first-order valence-electron chi connectivity index (χ1n) is 7.32. The van der Waals surface area contributed by atoms with Crippen molar-refractivity contribution < 1.29 is 9.90 Å². The van der Waals surface area contributed by atoms with Gasteiger partial charge in [-0.25, -0.2) is 0 Å². The SMILES string of the molecule is Cc1ccc(C=CC(=O)N2CCN(CC(C)(C)O)CC2)s1. The molecular formula is C16H24N2O2S. The second-order valence-electron chi connectivity index (χ2n) is 6.20. The molecule has 0 aliphatic carbocycles. The summed E-state index contributed by atoms with van der Waals surface area (Å²) in [6.07, 6.45) is 3.56. The third-order valence-corrected chi connectivity index (χ3v) is 4.41. The Balaban J connectivity index is 1.82. The fraction of sp³-hybridized carbons (Fsp3) is 0.562. The van der Waals surface area contributed by atoms with Crippen LogP contribution >= 0.6 is 11.3 Å². The molecule has 0 saturated carbocycles. The lowest BCUT2D eigenvalue weighted by Crippen LogP contribution is -2.51. The van der Waals surface area contributed by atoms with Gasteiger partial charge in [0.2, 0.25) is 5.91 Å². The van der Waals surface area contributed by atoms with Crippen molar-refractivity contribution in [2.45, 2.75) is 26.4 Å². The van der Waals surface area contributed by atoms with E-state index in [9.17, 15) is 9.90 Å². The number of hydrogen-bond acceptors (Lipinski definition) is 4. The lowest BCUT2D eigenvalue weighted by molar-refractivity contribution is -0.128. The monoisotopic (exact) mass is 308 g/mol. The van der Waals surface area contributed by atoms with E-state index in [1.807, 2.05) is 30.9 Å². The quantitative estimate of drug-likeness (QED) is 0.865. The average molecular weight is 308 g/mol. The van der Waals surface area contributed by atoms with Crippen molar-refractivity contribution in [3.63, 3.8) is 0 Å². The molecule has 0 spiro atoms. The number of β-amino-alcohol motifs (C(OH)–C–C–N with tert-alkyl or cyclic N) is 1. The number of carbonyl (C=O) groups excluding carboxylic acids is 1. The molecule has 2 heterocycles. The Kier molecular flexibility index (Phi) is 5.19. The van der Waals surface area contributed by atoms with Crippen molar-refractivity contribution in [2.75, 3.05) is 32.7 Å². The molecule has 116 valence electrons. The van der Waals surface area contributed by atoms with Crippen LogP contribution in [0.5, 0.6) is 0 Å². The van der Waals surface area contributed by atoms with E-state index in [-0.39, 0.29) is 5.91 Å². The second-order valence-corrected chi connectivity index (χ2v) is 7.52. The topological polar surface area (TPSA) is 43.8 Å². The fourth-order valence-corrected chi connectivity index (χ4v) is 3.26. The average Bonchev–Trinajstić information content (AvgIpc) is 2.81. The van der Waals surface area contributed by atoms with Gasteiger partial charge in [-0.05, 0) is 39.0 Å². The molecule has 1 aromatic heterocycles. The first-order valence-corrected chi connectivity index (χ1v) is 8.13. The van der Waals surface area contributed by atoms with Gasteiger partial charge in [0.25, 0.3) is 0 Å². The van der Waals surface area contributed by atoms with Crippen LogP contribution in [0, 0.1) is 6.92 Å². The van der Waals surface area contributed by atoms with Gasteiger partial charge < -0.3 is 10.0 Å². The predicted octanol–water partition coefficient (Wildman–Crippen LogP) is 1.98. The number of hydrogen-bond donors (Lipinski definition) is 1. The van der Waals surface area contributed by atoms with Crippen LogP contribution in [0.15, 0.2) is 18.2 Å². The van der Waals surface area contributed by atoms with E-state index in [0.717, 1.165) is 31.1 Å². The minimum atomic E-state index is -0.677. The maximum atomic E-state index is 12.1. The Labute approximate surface area is 130 Å². The molecular weight excluding hydrogens is 284 g/mol. The molecule has 1 aromatic rings. The summed E-state index contributed by atoms with van der Waals surface area (Å²) in [5.74, 6) is 0.0731. The third kappa shape index (κ3) is 5.26. The molecule has 4 nitrogen and oxygen atoms in total. The maximum Gasteiger partial charge on any atom is 0.246 e. The molecule has 0 radical (unpaired) electrons. The summed E-state index contributed by atoms with van der Waals surface area (Å²) in [6.45, 7) is 9.44. The number of rotatable bonds is 4. The smallest absolute Gasteiger partial charge is 0.246 e. The standard InChI is InChI=1S/C16H24N2O2S/c1-13-4-5-14(21-13)6-7-15(19)18-10-8-17(9-11-18)12-16(2,3)20/h4-7,20H,8-12H2,1-3H3.